The third kappa shape index (κ3) is 5.37. The van der Waals surface area contributed by atoms with Crippen LogP contribution in [0.15, 0.2) is 47.3 Å². The van der Waals surface area contributed by atoms with Crippen LogP contribution in [0.25, 0.3) is 10.9 Å². The van der Waals surface area contributed by atoms with E-state index in [-0.39, 0.29) is 5.56 Å². The molecular formula is C27H31N3O4S. The average Bonchev–Trinajstić information content (AvgIpc) is 2.88. The van der Waals surface area contributed by atoms with Crippen molar-refractivity contribution in [2.75, 3.05) is 25.1 Å². The molecule has 8 heteroatoms. The first-order chi connectivity index (χ1) is 17.1. The molecule has 1 aliphatic carbocycles. The molecule has 2 aliphatic rings. The Morgan fingerprint density at radius 3 is 2.51 bits per heavy atom. The van der Waals surface area contributed by atoms with Gasteiger partial charge in [0.1, 0.15) is 19.0 Å². The van der Waals surface area contributed by atoms with Crippen LogP contribution >= 0.6 is 12.2 Å². The maximum atomic E-state index is 13.1. The van der Waals surface area contributed by atoms with E-state index >= 15 is 0 Å². The van der Waals surface area contributed by atoms with Crippen molar-refractivity contribution in [3.63, 3.8) is 0 Å². The van der Waals surface area contributed by atoms with Gasteiger partial charge in [0.2, 0.25) is 0 Å². The van der Waals surface area contributed by atoms with Gasteiger partial charge in [0.15, 0.2) is 16.6 Å². The van der Waals surface area contributed by atoms with Crippen LogP contribution in [0.1, 0.15) is 44.6 Å². The largest absolute Gasteiger partial charge is 0.494 e. The van der Waals surface area contributed by atoms with Crippen molar-refractivity contribution < 1.29 is 14.2 Å². The topological polar surface area (TPSA) is 75.8 Å². The zero-order valence-corrected chi connectivity index (χ0v) is 20.8. The minimum absolute atomic E-state index is 0.112. The second kappa shape index (κ2) is 10.6. The number of nitrogens with zero attached hydrogens (tertiary/aromatic N) is 1. The van der Waals surface area contributed by atoms with E-state index in [9.17, 15) is 4.79 Å². The number of fused-ring (bicyclic) bond motifs is 2. The van der Waals surface area contributed by atoms with Crippen LogP contribution in [0.5, 0.6) is 17.2 Å². The third-order valence-corrected chi connectivity index (χ3v) is 6.95. The number of aromatic amines is 1. The van der Waals surface area contributed by atoms with Gasteiger partial charge in [-0.1, -0.05) is 19.3 Å². The number of ether oxygens (including phenoxy) is 3. The molecule has 0 amide bonds. The molecule has 0 unspecified atom stereocenters. The highest BCUT2D eigenvalue weighted by atomic mass is 32.1. The van der Waals surface area contributed by atoms with Gasteiger partial charge in [-0.3, -0.25) is 4.79 Å². The predicted molar refractivity (Wildman–Crippen MR) is 142 cm³/mol. The van der Waals surface area contributed by atoms with Crippen LogP contribution < -0.4 is 25.1 Å². The SMILES string of the molecule is CCOc1ccc(NC(=S)N(Cc2cc3cc4c(cc3[nH]c2=O)OCCO4)C2CCCCC2)cc1. The van der Waals surface area contributed by atoms with Crippen LogP contribution in [0.3, 0.4) is 0 Å². The number of thiocarbonyl (C=S) groups is 1. The zero-order chi connectivity index (χ0) is 24.2. The summed E-state index contributed by atoms with van der Waals surface area (Å²) in [6.07, 6.45) is 5.71. The molecule has 2 N–H and O–H groups in total. The minimum atomic E-state index is -0.112. The molecule has 35 heavy (non-hydrogen) atoms. The summed E-state index contributed by atoms with van der Waals surface area (Å²) in [6, 6.07) is 13.8. The van der Waals surface area contributed by atoms with Gasteiger partial charge >= 0.3 is 0 Å². The van der Waals surface area contributed by atoms with E-state index in [0.717, 1.165) is 35.2 Å². The number of nitrogens with one attached hydrogen (secondary N) is 2. The Morgan fingerprint density at radius 1 is 1.09 bits per heavy atom. The molecule has 1 fully saturated rings. The minimum Gasteiger partial charge on any atom is -0.494 e. The summed E-state index contributed by atoms with van der Waals surface area (Å²) in [6.45, 7) is 4.06. The number of hydrogen-bond donors (Lipinski definition) is 2. The molecule has 5 rings (SSSR count). The van der Waals surface area contributed by atoms with Crippen molar-refractivity contribution in [2.24, 2.45) is 0 Å². The molecule has 184 valence electrons. The van der Waals surface area contributed by atoms with Crippen LogP contribution in [-0.2, 0) is 6.54 Å². The first-order valence-electron chi connectivity index (χ1n) is 12.4. The fourth-order valence-electron chi connectivity index (χ4n) is 4.84. The number of anilines is 1. The van der Waals surface area contributed by atoms with Gasteiger partial charge in [0.25, 0.3) is 5.56 Å². The van der Waals surface area contributed by atoms with E-state index in [0.29, 0.717) is 54.6 Å². The molecule has 1 aliphatic heterocycles. The normalized spacial score (nSPS) is 15.6. The molecule has 2 heterocycles. The maximum Gasteiger partial charge on any atom is 0.253 e. The van der Waals surface area contributed by atoms with E-state index in [1.165, 1.54) is 19.3 Å². The van der Waals surface area contributed by atoms with Gasteiger partial charge in [-0.25, -0.2) is 0 Å². The smallest absolute Gasteiger partial charge is 0.253 e. The van der Waals surface area contributed by atoms with E-state index in [1.54, 1.807) is 0 Å². The van der Waals surface area contributed by atoms with E-state index < -0.39 is 0 Å². The highest BCUT2D eigenvalue weighted by molar-refractivity contribution is 7.80. The lowest BCUT2D eigenvalue weighted by molar-refractivity contribution is 0.172. The molecule has 0 radical (unpaired) electrons. The first-order valence-corrected chi connectivity index (χ1v) is 12.8. The summed E-state index contributed by atoms with van der Waals surface area (Å²) in [7, 11) is 0. The highest BCUT2D eigenvalue weighted by Gasteiger charge is 2.25. The molecule has 0 saturated heterocycles. The Morgan fingerprint density at radius 2 is 1.80 bits per heavy atom. The van der Waals surface area contributed by atoms with Gasteiger partial charge < -0.3 is 29.4 Å². The third-order valence-electron chi connectivity index (χ3n) is 6.62. The van der Waals surface area contributed by atoms with Gasteiger partial charge in [-0.05, 0) is 68.4 Å². The maximum absolute atomic E-state index is 13.1. The highest BCUT2D eigenvalue weighted by Crippen LogP contribution is 2.34. The summed E-state index contributed by atoms with van der Waals surface area (Å²) in [5.74, 6) is 2.20. The van der Waals surface area contributed by atoms with Crippen molar-refractivity contribution in [3.8, 4) is 17.2 Å². The summed E-state index contributed by atoms with van der Waals surface area (Å²) in [4.78, 5) is 18.3. The number of benzene rings is 2. The fourth-order valence-corrected chi connectivity index (χ4v) is 5.18. The lowest BCUT2D eigenvalue weighted by atomic mass is 9.94. The first kappa shape index (κ1) is 23.5. The monoisotopic (exact) mass is 493 g/mol. The molecular weight excluding hydrogens is 462 g/mol. The second-order valence-electron chi connectivity index (χ2n) is 9.01. The predicted octanol–water partition coefficient (Wildman–Crippen LogP) is 5.23. The zero-order valence-electron chi connectivity index (χ0n) is 20.0. The Balaban J connectivity index is 1.41. The van der Waals surface area contributed by atoms with Crippen molar-refractivity contribution in [1.82, 2.24) is 9.88 Å². The average molecular weight is 494 g/mol. The second-order valence-corrected chi connectivity index (χ2v) is 9.40. The van der Waals surface area contributed by atoms with Gasteiger partial charge in [-0.15, -0.1) is 0 Å². The summed E-state index contributed by atoms with van der Waals surface area (Å²) in [5.41, 5.74) is 2.20. The van der Waals surface area contributed by atoms with Crippen LogP contribution in [0.4, 0.5) is 5.69 Å². The Kier molecular flexibility index (Phi) is 7.08. The molecule has 0 bridgehead atoms. The summed E-state index contributed by atoms with van der Waals surface area (Å²) >= 11 is 5.88. The van der Waals surface area contributed by atoms with Crippen molar-refractivity contribution >= 4 is 33.9 Å². The van der Waals surface area contributed by atoms with Crippen molar-refractivity contribution in [2.45, 2.75) is 51.6 Å². The Hall–Kier alpha value is -3.26. The quantitative estimate of drug-likeness (QED) is 0.456. The van der Waals surface area contributed by atoms with Gasteiger partial charge in [0, 0.05) is 28.7 Å². The number of pyridine rings is 1. The van der Waals surface area contributed by atoms with Gasteiger partial charge in [0.05, 0.1) is 18.7 Å². The molecule has 0 spiro atoms. The standard InChI is InChI=1S/C27H31N3O4S/c1-2-32-22-10-8-20(9-11-22)28-27(35)30(21-6-4-3-5-7-21)17-19-14-18-15-24-25(34-13-12-33-24)16-23(18)29-26(19)31/h8-11,14-16,21H,2-7,12-13,17H2,1H3,(H,28,35)(H,29,31). The summed E-state index contributed by atoms with van der Waals surface area (Å²) in [5, 5.41) is 4.92. The van der Waals surface area contributed by atoms with Crippen LogP contribution in [0, 0.1) is 0 Å². The van der Waals surface area contributed by atoms with E-state index in [4.69, 9.17) is 26.4 Å². The van der Waals surface area contributed by atoms with Crippen LogP contribution in [0.2, 0.25) is 0 Å². The van der Waals surface area contributed by atoms with Crippen molar-refractivity contribution in [1.29, 1.82) is 0 Å². The fraction of sp³-hybridized carbons (Fsp3) is 0.407. The van der Waals surface area contributed by atoms with E-state index in [2.05, 4.69) is 15.2 Å². The molecule has 0 atom stereocenters. The Bertz CT molecular complexity index is 1250. The number of hydrogen-bond acceptors (Lipinski definition) is 5. The number of rotatable bonds is 6. The molecule has 2 aromatic carbocycles. The van der Waals surface area contributed by atoms with Gasteiger partial charge in [-0.2, -0.15) is 0 Å². The Labute approximate surface area is 210 Å². The number of H-pyrrole nitrogens is 1. The molecule has 1 aromatic heterocycles. The molecule has 1 saturated carbocycles. The lowest BCUT2D eigenvalue weighted by Crippen LogP contribution is -2.44. The van der Waals surface area contributed by atoms with Crippen molar-refractivity contribution in [3.05, 3.63) is 58.4 Å². The number of aromatic nitrogens is 1. The summed E-state index contributed by atoms with van der Waals surface area (Å²) < 4.78 is 16.9. The molecule has 3 aromatic rings. The lowest BCUT2D eigenvalue weighted by Gasteiger charge is -2.36. The molecule has 7 nitrogen and oxygen atoms in total. The van der Waals surface area contributed by atoms with E-state index in [1.807, 2.05) is 49.4 Å². The van der Waals surface area contributed by atoms with Crippen LogP contribution in [-0.4, -0.2) is 40.9 Å².